The average Bonchev–Trinajstić information content (AvgIpc) is 1.36. The molecule has 0 aliphatic heterocycles. The molecule has 0 aromatic carbocycles. The van der Waals surface area contributed by atoms with Crippen molar-refractivity contribution in [3.05, 3.63) is 0 Å². The summed E-state index contributed by atoms with van der Waals surface area (Å²) in [7, 11) is -4.67. The fourth-order valence-corrected chi connectivity index (χ4v) is 0. The second-order valence-electron chi connectivity index (χ2n) is 0.448. The minimum atomic E-state index is -4.67. The Kier molecular flexibility index (Phi) is 18.3. The van der Waals surface area contributed by atoms with Gasteiger partial charge >= 0.3 is 81.9 Å². The van der Waals surface area contributed by atoms with Crippen LogP contribution in [0, 0.1) is 0 Å². The molecule has 8 heavy (non-hydrogen) atoms. The van der Waals surface area contributed by atoms with Crippen molar-refractivity contribution in [3.8, 4) is 0 Å². The fourth-order valence-electron chi connectivity index (χ4n) is 0. The Hall–Kier alpha value is 1.90. The van der Waals surface area contributed by atoms with Gasteiger partial charge in [0.25, 0.3) is 0 Å². The first kappa shape index (κ1) is 16.5. The van der Waals surface area contributed by atoms with Gasteiger partial charge in [-0.1, -0.05) is 0 Å². The van der Waals surface area contributed by atoms with Crippen LogP contribution in [0.2, 0.25) is 0 Å². The Bertz CT molecular complexity index is 106. The summed E-state index contributed by atoms with van der Waals surface area (Å²) in [4.78, 5) is 0. The summed E-state index contributed by atoms with van der Waals surface area (Å²) >= 11 is 1.50. The Labute approximate surface area is 97.6 Å². The van der Waals surface area contributed by atoms with Crippen molar-refractivity contribution in [1.82, 2.24) is 0 Å². The van der Waals surface area contributed by atoms with E-state index in [1.54, 1.807) is 0 Å². The average molecular weight is 360 g/mol. The fraction of sp³-hybridized carbons (Fsp3) is 0. The second-order valence-corrected chi connectivity index (χ2v) is 1.34. The maximum absolute atomic E-state index is 8.74. The second kappa shape index (κ2) is 8.90. The first-order valence-electron chi connectivity index (χ1n) is 0.828. The zero-order valence-corrected chi connectivity index (χ0v) is 5.21. The van der Waals surface area contributed by atoms with Crippen LogP contribution in [0.25, 0.3) is 0 Å². The third-order valence-electron chi connectivity index (χ3n) is 0. The SMILES string of the molecule is O=S(=O)(O)O.[BaH2].[O]=[Pd]. The molecule has 0 aliphatic carbocycles. The molecule has 0 fully saturated rings. The van der Waals surface area contributed by atoms with Gasteiger partial charge in [-0.15, -0.1) is 0 Å². The summed E-state index contributed by atoms with van der Waals surface area (Å²) in [6.45, 7) is 0. The van der Waals surface area contributed by atoms with E-state index in [-0.39, 0.29) is 48.9 Å². The van der Waals surface area contributed by atoms with E-state index < -0.39 is 10.4 Å². The van der Waals surface area contributed by atoms with E-state index in [1.807, 2.05) is 0 Å². The topological polar surface area (TPSA) is 91.7 Å². The van der Waals surface area contributed by atoms with Crippen molar-refractivity contribution in [3.63, 3.8) is 0 Å². The van der Waals surface area contributed by atoms with E-state index in [0.717, 1.165) is 0 Å². The summed E-state index contributed by atoms with van der Waals surface area (Å²) in [5.74, 6) is 0. The summed E-state index contributed by atoms with van der Waals surface area (Å²) in [6, 6.07) is 0. The molecule has 0 radical (unpaired) electrons. The summed E-state index contributed by atoms with van der Waals surface area (Å²) in [5.41, 5.74) is 0. The van der Waals surface area contributed by atoms with Gasteiger partial charge in [-0.2, -0.15) is 8.42 Å². The van der Waals surface area contributed by atoms with E-state index in [9.17, 15) is 0 Å². The quantitative estimate of drug-likeness (QED) is 0.398. The van der Waals surface area contributed by atoms with Gasteiger partial charge in [-0.05, 0) is 0 Å². The number of hydrogen-bond donors (Lipinski definition) is 2. The molecule has 0 atom stereocenters. The van der Waals surface area contributed by atoms with Crippen LogP contribution in [0.15, 0.2) is 0 Å². The predicted molar refractivity (Wildman–Crippen MR) is 23.4 cm³/mol. The zero-order chi connectivity index (χ0) is 6.50. The van der Waals surface area contributed by atoms with E-state index in [1.165, 1.54) is 19.2 Å². The molecule has 0 bridgehead atoms. The van der Waals surface area contributed by atoms with Gasteiger partial charge in [0.2, 0.25) is 0 Å². The van der Waals surface area contributed by atoms with Crippen LogP contribution in [0.5, 0.6) is 0 Å². The zero-order valence-electron chi connectivity index (χ0n) is 2.84. The van der Waals surface area contributed by atoms with Crippen molar-refractivity contribution in [2.45, 2.75) is 0 Å². The Morgan fingerprint density at radius 3 is 1.12 bits per heavy atom. The van der Waals surface area contributed by atoms with Gasteiger partial charge in [0.05, 0.1) is 0 Å². The van der Waals surface area contributed by atoms with E-state index >= 15 is 0 Å². The molecule has 0 saturated heterocycles. The Morgan fingerprint density at radius 2 is 1.12 bits per heavy atom. The molecule has 0 amide bonds. The van der Waals surface area contributed by atoms with Crippen LogP contribution in [-0.4, -0.2) is 66.4 Å². The molecule has 52 valence electrons. The summed E-state index contributed by atoms with van der Waals surface area (Å²) in [6.07, 6.45) is 0. The molecule has 0 rings (SSSR count). The standard InChI is InChI=1S/Ba.H2O4S.O.Pd.2H/c;1-5(2,3)4;;;;/h;(H2,1,2,3,4);;;;. The number of rotatable bonds is 0. The Balaban J connectivity index is -0.0000000750. The van der Waals surface area contributed by atoms with Crippen molar-refractivity contribution in [2.75, 3.05) is 0 Å². The van der Waals surface area contributed by atoms with E-state index in [2.05, 4.69) is 0 Å². The molecule has 0 unspecified atom stereocenters. The molecular formula is H4BaO5PdS. The third-order valence-corrected chi connectivity index (χ3v) is 0. The molecule has 0 aromatic rings. The van der Waals surface area contributed by atoms with Crippen LogP contribution >= 0.6 is 0 Å². The molecular weight excluding hydrogens is 356 g/mol. The normalized spacial score (nSPS) is 8.00. The first-order valence-corrected chi connectivity index (χ1v) is 2.86. The summed E-state index contributed by atoms with van der Waals surface area (Å²) in [5, 5.41) is 0. The van der Waals surface area contributed by atoms with Gasteiger partial charge in [-0.25, -0.2) is 0 Å². The van der Waals surface area contributed by atoms with Gasteiger partial charge < -0.3 is 0 Å². The van der Waals surface area contributed by atoms with Gasteiger partial charge in [0.1, 0.15) is 0 Å². The van der Waals surface area contributed by atoms with Crippen molar-refractivity contribution >= 4 is 59.3 Å². The third kappa shape index (κ3) is 104. The molecule has 8 heteroatoms. The van der Waals surface area contributed by atoms with Crippen LogP contribution < -0.4 is 0 Å². The van der Waals surface area contributed by atoms with Crippen molar-refractivity contribution in [1.29, 1.82) is 0 Å². The van der Waals surface area contributed by atoms with Gasteiger partial charge in [0.15, 0.2) is 0 Å². The van der Waals surface area contributed by atoms with Gasteiger partial charge in [0, 0.05) is 0 Å². The molecule has 0 spiro atoms. The van der Waals surface area contributed by atoms with Crippen LogP contribution in [0.4, 0.5) is 0 Å². The first-order chi connectivity index (χ1) is 3.00. The van der Waals surface area contributed by atoms with E-state index in [0.29, 0.717) is 0 Å². The van der Waals surface area contributed by atoms with Crippen molar-refractivity contribution < 1.29 is 40.2 Å². The molecule has 0 aliphatic rings. The minimum absolute atomic E-state index is 0. The molecule has 0 aromatic heterocycles. The van der Waals surface area contributed by atoms with E-state index in [4.69, 9.17) is 21.0 Å². The number of hydrogen-bond acceptors (Lipinski definition) is 3. The van der Waals surface area contributed by atoms with Crippen LogP contribution in [-0.2, 0) is 33.0 Å². The van der Waals surface area contributed by atoms with Crippen LogP contribution in [0.3, 0.4) is 0 Å². The summed E-state index contributed by atoms with van der Waals surface area (Å²) < 4.78 is 39.7. The van der Waals surface area contributed by atoms with Gasteiger partial charge in [-0.3, -0.25) is 9.11 Å². The van der Waals surface area contributed by atoms with Crippen molar-refractivity contribution in [2.24, 2.45) is 0 Å². The van der Waals surface area contributed by atoms with Crippen LogP contribution in [0.1, 0.15) is 0 Å². The Morgan fingerprint density at radius 1 is 1.12 bits per heavy atom. The maximum atomic E-state index is 8.74. The molecule has 0 heterocycles. The molecule has 0 saturated carbocycles. The molecule has 5 nitrogen and oxygen atoms in total. The molecule has 2 N–H and O–H groups in total. The predicted octanol–water partition coefficient (Wildman–Crippen LogP) is -1.69. The monoisotopic (exact) mass is 360 g/mol.